The summed E-state index contributed by atoms with van der Waals surface area (Å²) in [5, 5.41) is 11.5. The van der Waals surface area contributed by atoms with Gasteiger partial charge in [0.1, 0.15) is 5.75 Å². The quantitative estimate of drug-likeness (QED) is 0.224. The molecule has 0 atom stereocenters. The predicted octanol–water partition coefficient (Wildman–Crippen LogP) is 7.95. The van der Waals surface area contributed by atoms with Gasteiger partial charge in [-0.1, -0.05) is 78.6 Å². The Balaban J connectivity index is 2.00. The Hall–Kier alpha value is -2.14. The first-order valence-electron chi connectivity index (χ1n) is 10.1. The number of halogens is 2. The summed E-state index contributed by atoms with van der Waals surface area (Å²) in [4.78, 5) is 8.34. The molecule has 0 aromatic heterocycles. The Morgan fingerprint density at radius 1 is 0.968 bits per heavy atom. The Morgan fingerprint density at radius 3 is 2.26 bits per heavy atom. The van der Waals surface area contributed by atoms with Gasteiger partial charge in [-0.3, -0.25) is 0 Å². The van der Waals surface area contributed by atoms with Gasteiger partial charge in [0, 0.05) is 18.0 Å². The van der Waals surface area contributed by atoms with E-state index in [4.69, 9.17) is 28.2 Å². The highest BCUT2D eigenvalue weighted by Gasteiger charge is 2.16. The maximum Gasteiger partial charge on any atom is 0.169 e. The standard InChI is InChI=1S/C25H26Cl2N2OS/c1-17(2)15-29(16-19-6-9-21(30)10-7-19)25(31-22-11-4-18(3)5-12-22)28-20-8-13-23(26)24(27)14-20/h4-14,17,30H,15-16H2,1-3H3. The largest absolute Gasteiger partial charge is 0.508 e. The molecule has 1 N–H and O–H groups in total. The topological polar surface area (TPSA) is 35.8 Å². The lowest BCUT2D eigenvalue weighted by atomic mass is 10.1. The Kier molecular flexibility index (Phi) is 8.30. The third kappa shape index (κ3) is 7.20. The van der Waals surface area contributed by atoms with Crippen LogP contribution in [0.5, 0.6) is 5.75 Å². The number of phenolic OH excluding ortho intramolecular Hbond substituents is 1. The van der Waals surface area contributed by atoms with E-state index < -0.39 is 0 Å². The number of aliphatic imine (C=N–C) groups is 1. The minimum Gasteiger partial charge on any atom is -0.508 e. The number of nitrogens with zero attached hydrogens (tertiary/aromatic N) is 2. The number of aryl methyl sites for hydroxylation is 1. The minimum atomic E-state index is 0.262. The fourth-order valence-corrected chi connectivity index (χ4v) is 4.20. The molecule has 3 nitrogen and oxygen atoms in total. The summed E-state index contributed by atoms with van der Waals surface area (Å²) in [6.45, 7) is 7.97. The van der Waals surface area contributed by atoms with Gasteiger partial charge >= 0.3 is 0 Å². The molecule has 0 aliphatic rings. The lowest BCUT2D eigenvalue weighted by molar-refractivity contribution is 0.365. The lowest BCUT2D eigenvalue weighted by Gasteiger charge is -2.28. The van der Waals surface area contributed by atoms with E-state index in [1.165, 1.54) is 5.56 Å². The van der Waals surface area contributed by atoms with Gasteiger partial charge in [-0.2, -0.15) is 0 Å². The first kappa shape index (κ1) is 23.5. The molecular formula is C25H26Cl2N2OS. The molecule has 6 heteroatoms. The monoisotopic (exact) mass is 472 g/mol. The third-order valence-corrected chi connectivity index (χ3v) is 6.30. The highest BCUT2D eigenvalue weighted by molar-refractivity contribution is 8.13. The van der Waals surface area contributed by atoms with Gasteiger partial charge < -0.3 is 10.0 Å². The molecular weight excluding hydrogens is 447 g/mol. The summed E-state index contributed by atoms with van der Waals surface area (Å²) in [6.07, 6.45) is 0. The number of amidine groups is 1. The van der Waals surface area contributed by atoms with Crippen molar-refractivity contribution in [3.8, 4) is 5.75 Å². The van der Waals surface area contributed by atoms with E-state index in [-0.39, 0.29) is 5.75 Å². The Bertz CT molecular complexity index is 1030. The van der Waals surface area contributed by atoms with E-state index in [1.807, 2.05) is 18.2 Å². The zero-order valence-corrected chi connectivity index (χ0v) is 20.2. The summed E-state index contributed by atoms with van der Waals surface area (Å²) in [5.41, 5.74) is 3.07. The molecule has 0 fully saturated rings. The van der Waals surface area contributed by atoms with Crippen molar-refractivity contribution in [3.05, 3.63) is 87.9 Å². The summed E-state index contributed by atoms with van der Waals surface area (Å²) in [7, 11) is 0. The van der Waals surface area contributed by atoms with Crippen LogP contribution in [0.1, 0.15) is 25.0 Å². The predicted molar refractivity (Wildman–Crippen MR) is 134 cm³/mol. The van der Waals surface area contributed by atoms with Gasteiger partial charge in [0.15, 0.2) is 5.17 Å². The first-order chi connectivity index (χ1) is 14.8. The fraction of sp³-hybridized carbons (Fsp3) is 0.240. The van der Waals surface area contributed by atoms with Crippen molar-refractivity contribution >= 4 is 45.8 Å². The number of benzene rings is 3. The van der Waals surface area contributed by atoms with Gasteiger partial charge in [0.2, 0.25) is 0 Å². The molecule has 3 rings (SSSR count). The minimum absolute atomic E-state index is 0.262. The molecule has 0 radical (unpaired) electrons. The van der Waals surface area contributed by atoms with Crippen LogP contribution in [0, 0.1) is 12.8 Å². The van der Waals surface area contributed by atoms with E-state index >= 15 is 0 Å². The SMILES string of the molecule is Cc1ccc(SC(=Nc2ccc(Cl)c(Cl)c2)N(Cc2ccc(O)cc2)CC(C)C)cc1. The Morgan fingerprint density at radius 2 is 1.65 bits per heavy atom. The maximum atomic E-state index is 9.64. The maximum absolute atomic E-state index is 9.64. The highest BCUT2D eigenvalue weighted by atomic mass is 35.5. The molecule has 0 aliphatic carbocycles. The average molecular weight is 473 g/mol. The number of hydrogen-bond acceptors (Lipinski definition) is 3. The second kappa shape index (κ2) is 10.9. The normalized spacial score (nSPS) is 11.7. The van der Waals surface area contributed by atoms with E-state index in [9.17, 15) is 5.11 Å². The molecule has 31 heavy (non-hydrogen) atoms. The van der Waals surface area contributed by atoms with Crippen molar-refractivity contribution in [1.82, 2.24) is 4.90 Å². The highest BCUT2D eigenvalue weighted by Crippen LogP contribution is 2.30. The smallest absolute Gasteiger partial charge is 0.169 e. The van der Waals surface area contributed by atoms with E-state index in [0.717, 1.165) is 27.9 Å². The average Bonchev–Trinajstić information content (AvgIpc) is 2.72. The molecule has 3 aromatic carbocycles. The number of rotatable bonds is 6. The van der Waals surface area contributed by atoms with Crippen LogP contribution < -0.4 is 0 Å². The van der Waals surface area contributed by atoms with E-state index in [1.54, 1.807) is 36.0 Å². The van der Waals surface area contributed by atoms with Crippen LogP contribution in [-0.2, 0) is 6.54 Å². The zero-order chi connectivity index (χ0) is 22.4. The molecule has 3 aromatic rings. The van der Waals surface area contributed by atoms with Gasteiger partial charge in [-0.25, -0.2) is 4.99 Å². The van der Waals surface area contributed by atoms with Gasteiger partial charge in [0.05, 0.1) is 15.7 Å². The van der Waals surface area contributed by atoms with Gasteiger partial charge in [-0.15, -0.1) is 0 Å². The van der Waals surface area contributed by atoms with Crippen LogP contribution in [0.3, 0.4) is 0 Å². The number of aromatic hydroxyl groups is 1. The fourth-order valence-electron chi connectivity index (χ4n) is 3.01. The first-order valence-corrected chi connectivity index (χ1v) is 11.7. The molecule has 0 bridgehead atoms. The number of phenols is 1. The molecule has 0 spiro atoms. The van der Waals surface area contributed by atoms with Crippen molar-refractivity contribution in [2.45, 2.75) is 32.2 Å². The van der Waals surface area contributed by atoms with Crippen LogP contribution in [0.4, 0.5) is 5.69 Å². The summed E-state index contributed by atoms with van der Waals surface area (Å²) < 4.78 is 0. The van der Waals surface area contributed by atoms with Crippen molar-refractivity contribution in [1.29, 1.82) is 0 Å². The Labute approximate surface area is 198 Å². The number of hydrogen-bond donors (Lipinski definition) is 1. The molecule has 0 unspecified atom stereocenters. The molecule has 0 saturated heterocycles. The van der Waals surface area contributed by atoms with Crippen molar-refractivity contribution in [3.63, 3.8) is 0 Å². The summed E-state index contributed by atoms with van der Waals surface area (Å²) >= 11 is 14.0. The zero-order valence-electron chi connectivity index (χ0n) is 17.8. The molecule has 162 valence electrons. The number of thioether (sulfide) groups is 1. The summed E-state index contributed by atoms with van der Waals surface area (Å²) in [6, 6.07) is 21.2. The van der Waals surface area contributed by atoms with Crippen LogP contribution in [0.25, 0.3) is 0 Å². The van der Waals surface area contributed by atoms with Crippen LogP contribution in [-0.4, -0.2) is 21.7 Å². The van der Waals surface area contributed by atoms with Gasteiger partial charge in [-0.05, 0) is 60.9 Å². The van der Waals surface area contributed by atoms with Crippen LogP contribution in [0.2, 0.25) is 10.0 Å². The second-order valence-corrected chi connectivity index (χ2v) is 9.70. The molecule has 0 aliphatic heterocycles. The van der Waals surface area contributed by atoms with E-state index in [2.05, 4.69) is 49.9 Å². The third-order valence-electron chi connectivity index (χ3n) is 4.52. The molecule has 0 heterocycles. The molecule has 0 amide bonds. The van der Waals surface area contributed by atoms with Crippen LogP contribution >= 0.6 is 35.0 Å². The van der Waals surface area contributed by atoms with Crippen molar-refractivity contribution in [2.75, 3.05) is 6.54 Å². The van der Waals surface area contributed by atoms with Gasteiger partial charge in [0.25, 0.3) is 0 Å². The second-order valence-electron chi connectivity index (χ2n) is 7.85. The van der Waals surface area contributed by atoms with Crippen molar-refractivity contribution < 1.29 is 5.11 Å². The lowest BCUT2D eigenvalue weighted by Crippen LogP contribution is -2.32. The van der Waals surface area contributed by atoms with E-state index in [0.29, 0.717) is 22.5 Å². The van der Waals surface area contributed by atoms with Crippen molar-refractivity contribution in [2.24, 2.45) is 10.9 Å². The van der Waals surface area contributed by atoms with Crippen LogP contribution in [0.15, 0.2) is 76.6 Å². The summed E-state index contributed by atoms with van der Waals surface area (Å²) in [5.74, 6) is 0.702. The molecule has 0 saturated carbocycles.